The Bertz CT molecular complexity index is 543. The molecule has 0 aliphatic rings. The number of hydrogen-bond donors (Lipinski definition) is 0. The van der Waals surface area contributed by atoms with Crippen molar-refractivity contribution < 1.29 is 4.52 Å². The fourth-order valence-electron chi connectivity index (χ4n) is 1.81. The van der Waals surface area contributed by atoms with E-state index in [1.165, 1.54) is 5.56 Å². The fourth-order valence-corrected chi connectivity index (χ4v) is 2.64. The Balaban J connectivity index is 2.14. The maximum Gasteiger partial charge on any atom is 0.127 e. The van der Waals surface area contributed by atoms with Crippen LogP contribution in [0.4, 0.5) is 0 Å². The van der Waals surface area contributed by atoms with E-state index in [0.29, 0.717) is 8.81 Å². The highest BCUT2D eigenvalue weighted by atomic mass is 35.5. The van der Waals surface area contributed by atoms with Crippen molar-refractivity contribution in [1.82, 2.24) is 0 Å². The molecular weight excluding hydrogens is 275 g/mol. The second kappa shape index (κ2) is 5.94. The first-order valence-corrected chi connectivity index (χ1v) is 7.53. The smallest absolute Gasteiger partial charge is 0.127 e. The molecule has 0 saturated carbocycles. The lowest BCUT2D eigenvalue weighted by atomic mass is 9.86. The van der Waals surface area contributed by atoms with Crippen LogP contribution < -0.4 is 9.83 Å². The van der Waals surface area contributed by atoms with E-state index in [2.05, 4.69) is 32.9 Å². The van der Waals surface area contributed by atoms with Crippen molar-refractivity contribution in [1.29, 1.82) is 0 Å². The summed E-state index contributed by atoms with van der Waals surface area (Å²) in [7, 11) is 0.295. The maximum absolute atomic E-state index is 5.97. The summed E-state index contributed by atoms with van der Waals surface area (Å²) >= 11 is 5.88. The lowest BCUT2D eigenvalue weighted by Gasteiger charge is -2.22. The number of halogens is 1. The quantitative estimate of drug-likeness (QED) is 0.728. The highest BCUT2D eigenvalue weighted by Crippen LogP contribution is 2.33. The van der Waals surface area contributed by atoms with Crippen molar-refractivity contribution in [3.63, 3.8) is 0 Å². The summed E-state index contributed by atoms with van der Waals surface area (Å²) in [6.45, 7) is 6.59. The van der Waals surface area contributed by atoms with Crippen LogP contribution in [-0.4, -0.2) is 0 Å². The molecule has 0 fully saturated rings. The summed E-state index contributed by atoms with van der Waals surface area (Å²) in [6.07, 6.45) is 0. The first-order valence-electron chi connectivity index (χ1n) is 6.25. The van der Waals surface area contributed by atoms with Gasteiger partial charge in [-0.1, -0.05) is 50.6 Å². The van der Waals surface area contributed by atoms with Crippen LogP contribution in [0.25, 0.3) is 0 Å². The van der Waals surface area contributed by atoms with Gasteiger partial charge in [-0.2, -0.15) is 0 Å². The molecule has 0 saturated heterocycles. The molecule has 19 heavy (non-hydrogen) atoms. The number of para-hydroxylation sites is 1. The van der Waals surface area contributed by atoms with Crippen LogP contribution in [0.1, 0.15) is 26.3 Å². The zero-order chi connectivity index (χ0) is 13.9. The second-order valence-electron chi connectivity index (χ2n) is 5.46. The van der Waals surface area contributed by atoms with Gasteiger partial charge in [0.2, 0.25) is 0 Å². The summed E-state index contributed by atoms with van der Waals surface area (Å²) in [5.74, 6) is 0.961. The van der Waals surface area contributed by atoms with Crippen LogP contribution in [-0.2, 0) is 5.41 Å². The maximum atomic E-state index is 5.97. The highest BCUT2D eigenvalue weighted by Gasteiger charge is 2.18. The van der Waals surface area contributed by atoms with Gasteiger partial charge >= 0.3 is 0 Å². The van der Waals surface area contributed by atoms with Gasteiger partial charge in [0.15, 0.2) is 0 Å². The monoisotopic (exact) mass is 292 g/mol. The van der Waals surface area contributed by atoms with Crippen LogP contribution in [0, 0.1) is 0 Å². The van der Waals surface area contributed by atoms with Crippen molar-refractivity contribution >= 4 is 25.7 Å². The molecule has 2 rings (SSSR count). The van der Waals surface area contributed by atoms with Crippen LogP contribution in [0.15, 0.2) is 48.5 Å². The molecule has 0 aliphatic heterocycles. The fraction of sp³-hybridized carbons (Fsp3) is 0.250. The molecule has 0 spiro atoms. The molecule has 100 valence electrons. The molecule has 0 aromatic heterocycles. The van der Waals surface area contributed by atoms with Crippen molar-refractivity contribution in [2.75, 3.05) is 0 Å². The average molecular weight is 293 g/mol. The summed E-state index contributed by atoms with van der Waals surface area (Å²) in [5.41, 5.74) is 1.32. The van der Waals surface area contributed by atoms with Crippen LogP contribution in [0.2, 0.25) is 5.02 Å². The molecule has 1 atom stereocenters. The number of hydrogen-bond acceptors (Lipinski definition) is 1. The highest BCUT2D eigenvalue weighted by molar-refractivity contribution is 7.42. The molecule has 3 heteroatoms. The van der Waals surface area contributed by atoms with E-state index >= 15 is 0 Å². The minimum absolute atomic E-state index is 0.0844. The van der Waals surface area contributed by atoms with Crippen molar-refractivity contribution in [3.05, 3.63) is 59.1 Å². The Morgan fingerprint density at radius 2 is 1.58 bits per heavy atom. The van der Waals surface area contributed by atoms with E-state index in [1.807, 2.05) is 36.4 Å². The minimum Gasteiger partial charge on any atom is -0.472 e. The molecule has 0 radical (unpaired) electrons. The zero-order valence-electron chi connectivity index (χ0n) is 11.4. The van der Waals surface area contributed by atoms with Crippen molar-refractivity contribution in [3.8, 4) is 5.75 Å². The molecule has 2 aromatic rings. The Kier molecular flexibility index (Phi) is 4.50. The van der Waals surface area contributed by atoms with E-state index < -0.39 is 0 Å². The van der Waals surface area contributed by atoms with Gasteiger partial charge in [-0.25, -0.2) is 0 Å². The summed E-state index contributed by atoms with van der Waals surface area (Å²) < 4.78 is 5.97. The first kappa shape index (κ1) is 14.4. The predicted octanol–water partition coefficient (Wildman–Crippen LogP) is 4.94. The Hall–Kier alpha value is -1.04. The SMILES string of the molecule is CC(C)(C)c1ccccc1OPc1ccc(Cl)cc1. The van der Waals surface area contributed by atoms with E-state index in [0.717, 1.165) is 16.1 Å². The summed E-state index contributed by atoms with van der Waals surface area (Å²) in [5, 5.41) is 1.90. The lowest BCUT2D eigenvalue weighted by molar-refractivity contribution is 0.543. The molecule has 0 aliphatic carbocycles. The van der Waals surface area contributed by atoms with E-state index in [1.54, 1.807) is 0 Å². The van der Waals surface area contributed by atoms with E-state index in [-0.39, 0.29) is 5.41 Å². The average Bonchev–Trinajstić information content (AvgIpc) is 2.37. The third kappa shape index (κ3) is 3.96. The lowest BCUT2D eigenvalue weighted by Crippen LogP contribution is -2.12. The van der Waals surface area contributed by atoms with Crippen molar-refractivity contribution in [2.45, 2.75) is 26.2 Å². The van der Waals surface area contributed by atoms with E-state index in [9.17, 15) is 0 Å². The van der Waals surface area contributed by atoms with Crippen molar-refractivity contribution in [2.24, 2.45) is 0 Å². The standard InChI is InChI=1S/C16H18ClOP/c1-16(2,3)14-6-4-5-7-15(14)18-19-13-10-8-12(17)9-11-13/h4-11,19H,1-3H3. The van der Waals surface area contributed by atoms with Gasteiger partial charge < -0.3 is 4.52 Å². The Morgan fingerprint density at radius 1 is 0.947 bits per heavy atom. The topological polar surface area (TPSA) is 9.23 Å². The minimum atomic E-state index is 0.0844. The third-order valence-corrected chi connectivity index (χ3v) is 3.96. The second-order valence-corrected chi connectivity index (χ2v) is 6.88. The van der Waals surface area contributed by atoms with Gasteiger partial charge in [0.1, 0.15) is 14.6 Å². The van der Waals surface area contributed by atoms with Gasteiger partial charge in [0.05, 0.1) is 0 Å². The van der Waals surface area contributed by atoms with Crippen LogP contribution in [0.5, 0.6) is 5.75 Å². The molecule has 0 amide bonds. The molecule has 0 bridgehead atoms. The van der Waals surface area contributed by atoms with Crippen LogP contribution >= 0.6 is 20.4 Å². The summed E-state index contributed by atoms with van der Waals surface area (Å²) in [4.78, 5) is 0. The van der Waals surface area contributed by atoms with Gasteiger partial charge in [-0.15, -0.1) is 0 Å². The molecule has 1 unspecified atom stereocenters. The van der Waals surface area contributed by atoms with Crippen LogP contribution in [0.3, 0.4) is 0 Å². The third-order valence-electron chi connectivity index (χ3n) is 2.82. The van der Waals surface area contributed by atoms with Gasteiger partial charge in [0, 0.05) is 10.3 Å². The number of benzene rings is 2. The van der Waals surface area contributed by atoms with Gasteiger partial charge in [-0.05, 0) is 41.3 Å². The number of rotatable bonds is 3. The van der Waals surface area contributed by atoms with Gasteiger partial charge in [0.25, 0.3) is 0 Å². The molecule has 0 N–H and O–H groups in total. The molecule has 2 aromatic carbocycles. The summed E-state index contributed by atoms with van der Waals surface area (Å²) in [6, 6.07) is 16.0. The largest absolute Gasteiger partial charge is 0.472 e. The molecule has 1 nitrogen and oxygen atoms in total. The van der Waals surface area contributed by atoms with E-state index in [4.69, 9.17) is 16.1 Å². The van der Waals surface area contributed by atoms with Gasteiger partial charge in [-0.3, -0.25) is 0 Å². The first-order chi connectivity index (χ1) is 8.97. The molecule has 0 heterocycles. The molecular formula is C16H18ClOP. The zero-order valence-corrected chi connectivity index (χ0v) is 13.2. The normalized spacial score (nSPS) is 12.0. The Morgan fingerprint density at radius 3 is 2.21 bits per heavy atom. The predicted molar refractivity (Wildman–Crippen MR) is 85.2 cm³/mol. The Labute approximate surface area is 121 Å².